The Kier molecular flexibility index (Phi) is 6.70. The number of piperidine rings is 1. The van der Waals surface area contributed by atoms with Crippen molar-refractivity contribution >= 4 is 17.2 Å². The molecule has 4 nitrogen and oxygen atoms in total. The molecule has 0 spiro atoms. The summed E-state index contributed by atoms with van der Waals surface area (Å²) in [5.74, 6) is 1.03. The highest BCUT2D eigenvalue weighted by Crippen LogP contribution is 2.26. The quantitative estimate of drug-likeness (QED) is 0.836. The Balaban J connectivity index is 1.70. The van der Waals surface area contributed by atoms with Crippen molar-refractivity contribution in [1.82, 2.24) is 9.80 Å². The number of hydrogen-bond acceptors (Lipinski definition) is 4. The van der Waals surface area contributed by atoms with Gasteiger partial charge >= 0.3 is 0 Å². The van der Waals surface area contributed by atoms with E-state index >= 15 is 0 Å². The highest BCUT2D eigenvalue weighted by atomic mass is 32.1. The third-order valence-electron chi connectivity index (χ3n) is 4.68. The monoisotopic (exact) mass is 324 g/mol. The smallest absolute Gasteiger partial charge is 0.264 e. The van der Waals surface area contributed by atoms with Crippen molar-refractivity contribution < 1.29 is 9.90 Å². The molecule has 1 N–H and O–H groups in total. The van der Waals surface area contributed by atoms with Crippen LogP contribution in [0.5, 0.6) is 5.75 Å². The molecule has 1 amide bonds. The Morgan fingerprint density at radius 1 is 1.36 bits per heavy atom. The van der Waals surface area contributed by atoms with Crippen LogP contribution in [0.3, 0.4) is 0 Å². The number of likely N-dealkylation sites (tertiary alicyclic amines) is 1. The minimum Gasteiger partial charge on any atom is -0.507 e. The van der Waals surface area contributed by atoms with Crippen molar-refractivity contribution in [2.24, 2.45) is 5.92 Å². The van der Waals surface area contributed by atoms with E-state index in [-0.39, 0.29) is 11.7 Å². The molecule has 0 saturated carbocycles. The molecule has 1 fully saturated rings. The van der Waals surface area contributed by atoms with E-state index in [1.165, 1.54) is 30.7 Å². The van der Waals surface area contributed by atoms with Gasteiger partial charge in [-0.1, -0.05) is 13.8 Å². The molecule has 0 radical (unpaired) electrons. The Morgan fingerprint density at radius 2 is 2.05 bits per heavy atom. The summed E-state index contributed by atoms with van der Waals surface area (Å²) in [6, 6.07) is 1.57. The normalized spacial score (nSPS) is 16.4. The lowest BCUT2D eigenvalue weighted by Crippen LogP contribution is -2.38. The summed E-state index contributed by atoms with van der Waals surface area (Å²) in [4.78, 5) is 17.4. The molecule has 1 saturated heterocycles. The Morgan fingerprint density at radius 3 is 2.59 bits per heavy atom. The van der Waals surface area contributed by atoms with Crippen LogP contribution in [-0.4, -0.2) is 53.5 Å². The van der Waals surface area contributed by atoms with Gasteiger partial charge in [-0.3, -0.25) is 4.79 Å². The minimum atomic E-state index is 0.0758. The molecule has 0 aliphatic carbocycles. The molecular formula is C17H28N2O2S. The minimum absolute atomic E-state index is 0.0758. The largest absolute Gasteiger partial charge is 0.507 e. The van der Waals surface area contributed by atoms with Crippen LogP contribution in [0.1, 0.15) is 49.2 Å². The van der Waals surface area contributed by atoms with Crippen LogP contribution in [0.4, 0.5) is 0 Å². The first-order valence-electron chi connectivity index (χ1n) is 8.43. The molecule has 22 heavy (non-hydrogen) atoms. The zero-order valence-corrected chi connectivity index (χ0v) is 14.6. The van der Waals surface area contributed by atoms with Crippen molar-refractivity contribution in [3.8, 4) is 5.75 Å². The zero-order valence-electron chi connectivity index (χ0n) is 13.8. The molecule has 1 aliphatic rings. The Bertz CT molecular complexity index is 463. The molecular weight excluding hydrogens is 296 g/mol. The number of hydrogen-bond donors (Lipinski definition) is 1. The zero-order chi connectivity index (χ0) is 15.9. The second kappa shape index (κ2) is 8.53. The number of aromatic hydroxyl groups is 1. The summed E-state index contributed by atoms with van der Waals surface area (Å²) in [6.45, 7) is 9.61. The van der Waals surface area contributed by atoms with E-state index in [1.807, 2.05) is 4.90 Å². The van der Waals surface area contributed by atoms with Crippen molar-refractivity contribution in [3.63, 3.8) is 0 Å². The molecule has 5 heteroatoms. The van der Waals surface area contributed by atoms with E-state index < -0.39 is 0 Å². The van der Waals surface area contributed by atoms with Gasteiger partial charge in [-0.25, -0.2) is 0 Å². The average Bonchev–Trinajstić information content (AvgIpc) is 2.98. The molecule has 1 aliphatic heterocycles. The molecule has 0 unspecified atom stereocenters. The van der Waals surface area contributed by atoms with Gasteiger partial charge in [-0.15, -0.1) is 11.3 Å². The van der Waals surface area contributed by atoms with Crippen LogP contribution in [0.25, 0.3) is 0 Å². The van der Waals surface area contributed by atoms with E-state index in [4.69, 9.17) is 0 Å². The van der Waals surface area contributed by atoms with Crippen LogP contribution in [0.2, 0.25) is 0 Å². The van der Waals surface area contributed by atoms with Gasteiger partial charge in [0.15, 0.2) is 0 Å². The van der Waals surface area contributed by atoms with Gasteiger partial charge in [0.05, 0.1) is 4.88 Å². The predicted molar refractivity (Wildman–Crippen MR) is 91.6 cm³/mol. The fourth-order valence-corrected chi connectivity index (χ4v) is 3.90. The maximum atomic E-state index is 12.3. The molecule has 0 aromatic carbocycles. The first kappa shape index (κ1) is 17.3. The van der Waals surface area contributed by atoms with Crippen molar-refractivity contribution in [3.05, 3.63) is 16.3 Å². The topological polar surface area (TPSA) is 43.8 Å². The third kappa shape index (κ3) is 4.71. The maximum absolute atomic E-state index is 12.3. The van der Waals surface area contributed by atoms with Gasteiger partial charge in [0.1, 0.15) is 5.75 Å². The van der Waals surface area contributed by atoms with E-state index in [0.717, 1.165) is 44.9 Å². The summed E-state index contributed by atoms with van der Waals surface area (Å²) in [5, 5.41) is 11.0. The van der Waals surface area contributed by atoms with Crippen LogP contribution < -0.4 is 0 Å². The van der Waals surface area contributed by atoms with Gasteiger partial charge in [0.2, 0.25) is 0 Å². The number of amides is 1. The maximum Gasteiger partial charge on any atom is 0.264 e. The molecule has 2 rings (SSSR count). The lowest BCUT2D eigenvalue weighted by molar-refractivity contribution is 0.0689. The molecule has 124 valence electrons. The average molecular weight is 324 g/mol. The van der Waals surface area contributed by atoms with Gasteiger partial charge < -0.3 is 14.9 Å². The van der Waals surface area contributed by atoms with Gasteiger partial charge in [-0.2, -0.15) is 0 Å². The molecule has 1 aromatic heterocycles. The summed E-state index contributed by atoms with van der Waals surface area (Å²) in [6.07, 6.45) is 4.76. The Hall–Kier alpha value is -1.07. The lowest BCUT2D eigenvalue weighted by atomic mass is 9.92. The molecule has 1 aromatic rings. The van der Waals surface area contributed by atoms with Crippen LogP contribution in [-0.2, 0) is 0 Å². The van der Waals surface area contributed by atoms with E-state index in [0.29, 0.717) is 4.88 Å². The van der Waals surface area contributed by atoms with Gasteiger partial charge in [0.25, 0.3) is 5.91 Å². The summed E-state index contributed by atoms with van der Waals surface area (Å²) in [7, 11) is 0. The highest BCUT2D eigenvalue weighted by molar-refractivity contribution is 7.12. The Labute approximate surface area is 137 Å². The lowest BCUT2D eigenvalue weighted by Gasteiger charge is -2.32. The summed E-state index contributed by atoms with van der Waals surface area (Å²) in [5.41, 5.74) is 0. The molecule has 0 atom stereocenters. The summed E-state index contributed by atoms with van der Waals surface area (Å²) >= 11 is 1.33. The number of carbonyl (C=O) groups excluding carboxylic acids is 1. The van der Waals surface area contributed by atoms with Gasteiger partial charge in [-0.05, 0) is 51.2 Å². The van der Waals surface area contributed by atoms with Crippen molar-refractivity contribution in [2.45, 2.75) is 39.5 Å². The number of nitrogens with zero attached hydrogens (tertiary/aromatic N) is 2. The first-order valence-corrected chi connectivity index (χ1v) is 9.31. The van der Waals surface area contributed by atoms with E-state index in [2.05, 4.69) is 18.7 Å². The standard InChI is InChI=1S/C17H28N2O2S/c1-3-18(4-2)9-5-6-14-7-10-19(11-8-14)17(21)16-12-15(20)13-22-16/h12-14,20H,3-11H2,1-2H3. The number of thiophene rings is 1. The van der Waals surface area contributed by atoms with Crippen LogP contribution in [0.15, 0.2) is 11.4 Å². The fraction of sp³-hybridized carbons (Fsp3) is 0.706. The summed E-state index contributed by atoms with van der Waals surface area (Å²) < 4.78 is 0. The van der Waals surface area contributed by atoms with Crippen molar-refractivity contribution in [1.29, 1.82) is 0 Å². The molecule has 2 heterocycles. The van der Waals surface area contributed by atoms with Crippen LogP contribution in [0, 0.1) is 5.92 Å². The SMILES string of the molecule is CCN(CC)CCCC1CCN(C(=O)c2cc(O)cs2)CC1. The second-order valence-corrected chi connectivity index (χ2v) is 6.99. The third-order valence-corrected chi connectivity index (χ3v) is 5.59. The van der Waals surface area contributed by atoms with E-state index in [9.17, 15) is 9.90 Å². The fourth-order valence-electron chi connectivity index (χ4n) is 3.16. The van der Waals surface area contributed by atoms with Crippen LogP contribution >= 0.6 is 11.3 Å². The second-order valence-electron chi connectivity index (χ2n) is 6.07. The van der Waals surface area contributed by atoms with Crippen molar-refractivity contribution in [2.75, 3.05) is 32.7 Å². The number of carbonyl (C=O) groups is 1. The highest BCUT2D eigenvalue weighted by Gasteiger charge is 2.24. The first-order chi connectivity index (χ1) is 10.6. The molecule has 0 bridgehead atoms. The van der Waals surface area contributed by atoms with Gasteiger partial charge in [0, 0.05) is 24.5 Å². The van der Waals surface area contributed by atoms with E-state index in [1.54, 1.807) is 11.4 Å². The predicted octanol–water partition coefficient (Wildman–Crippen LogP) is 3.43. The number of rotatable bonds is 7.